The second-order valence-electron chi connectivity index (χ2n) is 8.67. The molecule has 1 saturated heterocycles. The Morgan fingerprint density at radius 3 is 2.23 bits per heavy atom. The third kappa shape index (κ3) is 6.90. The van der Waals surface area contributed by atoms with Crippen molar-refractivity contribution >= 4 is 6.08 Å². The molecule has 13 heteroatoms. The summed E-state index contributed by atoms with van der Waals surface area (Å²) in [6.45, 7) is -1.62. The fraction of sp³-hybridized carbons (Fsp3) is 0.462. The van der Waals surface area contributed by atoms with Gasteiger partial charge in [0, 0.05) is 0 Å². The maximum Gasteiger partial charge on any atom is 0.229 e. The van der Waals surface area contributed by atoms with Crippen molar-refractivity contribution in [2.24, 2.45) is 0 Å². The zero-order chi connectivity index (χ0) is 28.7. The van der Waals surface area contributed by atoms with Gasteiger partial charge < -0.3 is 64.5 Å². The molecule has 8 N–H and O–H groups in total. The van der Waals surface area contributed by atoms with E-state index in [9.17, 15) is 40.9 Å². The minimum absolute atomic E-state index is 0.0728. The first kappa shape index (κ1) is 30.4. The lowest BCUT2D eigenvalue weighted by Crippen LogP contribution is -2.60. The molecule has 1 fully saturated rings. The summed E-state index contributed by atoms with van der Waals surface area (Å²) in [4.78, 5) is 0. The summed E-state index contributed by atoms with van der Waals surface area (Å²) in [6.07, 6.45) is -7.63. The quantitative estimate of drug-likeness (QED) is 0.160. The molecule has 7 unspecified atom stereocenters. The molecule has 2 aromatic rings. The van der Waals surface area contributed by atoms with Crippen LogP contribution in [-0.4, -0.2) is 112 Å². The Kier molecular flexibility index (Phi) is 10.7. The Labute approximate surface area is 224 Å². The Balaban J connectivity index is 2.01. The van der Waals surface area contributed by atoms with E-state index in [0.29, 0.717) is 5.56 Å². The van der Waals surface area contributed by atoms with Gasteiger partial charge in [-0.3, -0.25) is 0 Å². The second kappa shape index (κ2) is 13.8. The van der Waals surface area contributed by atoms with E-state index in [4.69, 9.17) is 23.7 Å². The highest BCUT2D eigenvalue weighted by Gasteiger charge is 2.45. The molecule has 7 atom stereocenters. The van der Waals surface area contributed by atoms with Crippen LogP contribution in [0.5, 0.6) is 28.7 Å². The van der Waals surface area contributed by atoms with E-state index in [2.05, 4.69) is 0 Å². The molecule has 0 spiro atoms. The molecule has 1 heterocycles. The van der Waals surface area contributed by atoms with Crippen LogP contribution in [0.2, 0.25) is 0 Å². The standard InChI is InChI=1S/C26H34O13/c1-35-16-10-14(5-6-15(16)30)21(31)19(11-28)37-25-17(36-2)8-13(4-3-7-27)9-18(25)38-26-24(34)23(33)22(32)20(12-29)39-26/h3-6,8-10,19-24,26-34H,7,11-12H2,1-2H3. The predicted octanol–water partition coefficient (Wildman–Crippen LogP) is -0.933. The Morgan fingerprint density at radius 2 is 1.62 bits per heavy atom. The van der Waals surface area contributed by atoms with E-state index < -0.39 is 56.1 Å². The fourth-order valence-corrected chi connectivity index (χ4v) is 3.97. The van der Waals surface area contributed by atoms with Crippen molar-refractivity contribution < 1.29 is 64.5 Å². The van der Waals surface area contributed by atoms with E-state index in [1.807, 2.05) is 0 Å². The van der Waals surface area contributed by atoms with Gasteiger partial charge in [-0.1, -0.05) is 18.2 Å². The van der Waals surface area contributed by atoms with E-state index in [0.717, 1.165) is 0 Å². The topological polar surface area (TPSA) is 208 Å². The number of benzene rings is 2. The maximum absolute atomic E-state index is 11.0. The molecule has 1 aliphatic rings. The average Bonchev–Trinajstić information content (AvgIpc) is 2.95. The summed E-state index contributed by atoms with van der Waals surface area (Å²) in [7, 11) is 2.67. The summed E-state index contributed by atoms with van der Waals surface area (Å²) in [5.74, 6) is -0.237. The number of phenols is 1. The number of rotatable bonds is 12. The van der Waals surface area contributed by atoms with Crippen LogP contribution in [-0.2, 0) is 4.74 Å². The van der Waals surface area contributed by atoms with Crippen LogP contribution in [0.25, 0.3) is 6.08 Å². The first-order valence-electron chi connectivity index (χ1n) is 12.0. The second-order valence-corrected chi connectivity index (χ2v) is 8.67. The van der Waals surface area contributed by atoms with Crippen LogP contribution in [0.4, 0.5) is 0 Å². The van der Waals surface area contributed by atoms with Gasteiger partial charge in [0.05, 0.1) is 34.0 Å². The number of aromatic hydroxyl groups is 1. The summed E-state index contributed by atoms with van der Waals surface area (Å²) in [6, 6.07) is 7.04. The van der Waals surface area contributed by atoms with Crippen molar-refractivity contribution in [3.8, 4) is 28.7 Å². The van der Waals surface area contributed by atoms with Crippen LogP contribution in [0.15, 0.2) is 36.4 Å². The van der Waals surface area contributed by atoms with Gasteiger partial charge >= 0.3 is 0 Å². The molecule has 1 aliphatic heterocycles. The number of hydrogen-bond acceptors (Lipinski definition) is 13. The lowest BCUT2D eigenvalue weighted by Gasteiger charge is -2.39. The molecular formula is C26H34O13. The minimum Gasteiger partial charge on any atom is -0.504 e. The number of methoxy groups -OCH3 is 2. The highest BCUT2D eigenvalue weighted by molar-refractivity contribution is 5.62. The normalized spacial score (nSPS) is 24.8. The lowest BCUT2D eigenvalue weighted by atomic mass is 9.99. The third-order valence-corrected chi connectivity index (χ3v) is 6.12. The minimum atomic E-state index is -1.73. The van der Waals surface area contributed by atoms with Gasteiger partial charge in [0.1, 0.15) is 30.5 Å². The molecule has 39 heavy (non-hydrogen) atoms. The van der Waals surface area contributed by atoms with E-state index in [1.54, 1.807) is 0 Å². The molecule has 3 rings (SSSR count). The molecule has 0 radical (unpaired) electrons. The molecule has 0 aromatic heterocycles. The molecule has 0 amide bonds. The van der Waals surface area contributed by atoms with Gasteiger partial charge in [0.25, 0.3) is 0 Å². The van der Waals surface area contributed by atoms with Crippen molar-refractivity contribution in [1.82, 2.24) is 0 Å². The molecule has 0 bridgehead atoms. The zero-order valence-electron chi connectivity index (χ0n) is 21.3. The van der Waals surface area contributed by atoms with Gasteiger partial charge in [-0.25, -0.2) is 0 Å². The lowest BCUT2D eigenvalue weighted by molar-refractivity contribution is -0.277. The van der Waals surface area contributed by atoms with Crippen LogP contribution in [0.1, 0.15) is 17.2 Å². The molecule has 13 nitrogen and oxygen atoms in total. The molecule has 0 saturated carbocycles. The molecule has 216 valence electrons. The number of aliphatic hydroxyl groups excluding tert-OH is 7. The van der Waals surface area contributed by atoms with Crippen molar-refractivity contribution in [1.29, 1.82) is 0 Å². The molecular weight excluding hydrogens is 520 g/mol. The number of aliphatic hydroxyl groups is 7. The summed E-state index contributed by atoms with van der Waals surface area (Å²) < 4.78 is 27.7. The SMILES string of the molecule is COc1cc(C(O)C(CO)Oc2c(OC)cc(C=CCO)cc2OC2OC(CO)C(O)C(O)C2O)ccc1O. The highest BCUT2D eigenvalue weighted by Crippen LogP contribution is 2.42. The van der Waals surface area contributed by atoms with Gasteiger partial charge in [-0.15, -0.1) is 0 Å². The third-order valence-electron chi connectivity index (χ3n) is 6.12. The first-order chi connectivity index (χ1) is 18.7. The fourth-order valence-electron chi connectivity index (χ4n) is 3.97. The van der Waals surface area contributed by atoms with Gasteiger partial charge in [-0.2, -0.15) is 0 Å². The Hall–Kier alpha value is -3.14. The van der Waals surface area contributed by atoms with Crippen LogP contribution >= 0.6 is 0 Å². The van der Waals surface area contributed by atoms with Gasteiger partial charge in [0.15, 0.2) is 29.1 Å². The first-order valence-corrected chi connectivity index (χ1v) is 12.0. The zero-order valence-corrected chi connectivity index (χ0v) is 21.3. The van der Waals surface area contributed by atoms with Crippen LogP contribution in [0, 0.1) is 0 Å². The Bertz CT molecular complexity index is 1110. The van der Waals surface area contributed by atoms with Gasteiger partial charge in [0.2, 0.25) is 12.0 Å². The van der Waals surface area contributed by atoms with E-state index in [1.165, 1.54) is 56.7 Å². The van der Waals surface area contributed by atoms with Crippen molar-refractivity contribution in [3.63, 3.8) is 0 Å². The molecule has 2 aromatic carbocycles. The largest absolute Gasteiger partial charge is 0.504 e. The smallest absolute Gasteiger partial charge is 0.229 e. The van der Waals surface area contributed by atoms with Crippen molar-refractivity contribution in [2.45, 2.75) is 42.9 Å². The van der Waals surface area contributed by atoms with E-state index >= 15 is 0 Å². The Morgan fingerprint density at radius 1 is 0.923 bits per heavy atom. The van der Waals surface area contributed by atoms with Gasteiger partial charge in [-0.05, 0) is 35.4 Å². The summed E-state index contributed by atoms with van der Waals surface area (Å²) in [5.41, 5.74) is 0.707. The summed E-state index contributed by atoms with van der Waals surface area (Å²) in [5, 5.41) is 80.3. The monoisotopic (exact) mass is 554 g/mol. The van der Waals surface area contributed by atoms with Crippen molar-refractivity contribution in [3.05, 3.63) is 47.5 Å². The van der Waals surface area contributed by atoms with Crippen LogP contribution < -0.4 is 18.9 Å². The predicted molar refractivity (Wildman–Crippen MR) is 135 cm³/mol. The van der Waals surface area contributed by atoms with Crippen molar-refractivity contribution in [2.75, 3.05) is 34.0 Å². The highest BCUT2D eigenvalue weighted by atomic mass is 16.7. The number of ether oxygens (including phenoxy) is 5. The number of phenolic OH excluding ortho intramolecular Hbond substituents is 1. The maximum atomic E-state index is 11.0. The number of hydrogen-bond donors (Lipinski definition) is 8. The van der Waals surface area contributed by atoms with Crippen LogP contribution in [0.3, 0.4) is 0 Å². The molecule has 0 aliphatic carbocycles. The average molecular weight is 555 g/mol. The van der Waals surface area contributed by atoms with E-state index in [-0.39, 0.29) is 40.9 Å². The summed E-state index contributed by atoms with van der Waals surface area (Å²) >= 11 is 0.